The zero-order chi connectivity index (χ0) is 14.4. The second-order valence-electron chi connectivity index (χ2n) is 3.98. The number of aliphatic carboxylic acids is 1. The fraction of sp³-hybridized carbons (Fsp3) is 0.636. The van der Waals surface area contributed by atoms with Crippen LogP contribution in [-0.2, 0) is 4.79 Å². The number of carboxylic acid groups (broad SMARTS) is 1. The maximum Gasteiger partial charge on any atom is 0.326 e. The van der Waals surface area contributed by atoms with Crippen molar-refractivity contribution in [3.8, 4) is 12.0 Å². The third-order valence-corrected chi connectivity index (χ3v) is 2.72. The molecule has 0 fully saturated rings. The van der Waals surface area contributed by atoms with Crippen molar-refractivity contribution in [1.82, 2.24) is 15.0 Å². The van der Waals surface area contributed by atoms with Crippen LogP contribution in [-0.4, -0.2) is 46.3 Å². The quantitative estimate of drug-likeness (QED) is 0.749. The van der Waals surface area contributed by atoms with Crippen molar-refractivity contribution >= 4 is 11.9 Å². The largest absolute Gasteiger partial charge is 0.480 e. The summed E-state index contributed by atoms with van der Waals surface area (Å²) in [6.07, 6.45) is 0.712. The molecule has 0 saturated carbocycles. The summed E-state index contributed by atoms with van der Waals surface area (Å²) in [6.45, 7) is 3.75. The van der Waals surface area contributed by atoms with E-state index in [4.69, 9.17) is 9.47 Å². The number of aromatic nitrogens is 3. The second-order valence-corrected chi connectivity index (χ2v) is 3.98. The molecule has 2 atom stereocenters. The van der Waals surface area contributed by atoms with Crippen molar-refractivity contribution in [3.05, 3.63) is 0 Å². The Bertz CT molecular complexity index is 418. The molecule has 0 aromatic carbocycles. The summed E-state index contributed by atoms with van der Waals surface area (Å²) < 4.78 is 9.79. The Morgan fingerprint density at radius 3 is 2.16 bits per heavy atom. The first kappa shape index (κ1) is 14.9. The van der Waals surface area contributed by atoms with Gasteiger partial charge in [0.2, 0.25) is 5.95 Å². The SMILES string of the molecule is CCC(C)C(Nc1nc(OC)nc(OC)n1)C(=O)O. The molecule has 106 valence electrons. The van der Waals surface area contributed by atoms with Crippen molar-refractivity contribution in [3.63, 3.8) is 0 Å². The molecule has 1 heterocycles. The Morgan fingerprint density at radius 1 is 1.26 bits per heavy atom. The molecule has 0 aliphatic rings. The molecule has 8 heteroatoms. The summed E-state index contributed by atoms with van der Waals surface area (Å²) >= 11 is 0. The highest BCUT2D eigenvalue weighted by Gasteiger charge is 2.24. The molecule has 2 unspecified atom stereocenters. The minimum Gasteiger partial charge on any atom is -0.480 e. The molecule has 19 heavy (non-hydrogen) atoms. The number of nitrogens with one attached hydrogen (secondary N) is 1. The van der Waals surface area contributed by atoms with E-state index in [0.717, 1.165) is 0 Å². The molecule has 0 radical (unpaired) electrons. The van der Waals surface area contributed by atoms with E-state index in [1.165, 1.54) is 14.2 Å². The van der Waals surface area contributed by atoms with Gasteiger partial charge in [-0.2, -0.15) is 9.97 Å². The molecule has 2 N–H and O–H groups in total. The topological polar surface area (TPSA) is 106 Å². The number of ether oxygens (including phenoxy) is 2. The van der Waals surface area contributed by atoms with E-state index in [1.807, 2.05) is 13.8 Å². The molecule has 0 bridgehead atoms. The first-order chi connectivity index (χ1) is 9.01. The summed E-state index contributed by atoms with van der Waals surface area (Å²) in [6, 6.07) is -0.674. The zero-order valence-corrected chi connectivity index (χ0v) is 11.4. The maximum absolute atomic E-state index is 11.2. The molecular formula is C11H18N4O4. The first-order valence-electron chi connectivity index (χ1n) is 5.85. The third kappa shape index (κ3) is 3.94. The van der Waals surface area contributed by atoms with Crippen molar-refractivity contribution in [2.45, 2.75) is 26.3 Å². The molecule has 1 rings (SSSR count). The Hall–Kier alpha value is -2.12. The molecule has 0 spiro atoms. The van der Waals surface area contributed by atoms with E-state index in [2.05, 4.69) is 20.3 Å². The van der Waals surface area contributed by atoms with Crippen LogP contribution in [0.2, 0.25) is 0 Å². The number of methoxy groups -OCH3 is 2. The summed E-state index contributed by atoms with van der Waals surface area (Å²) in [5.74, 6) is -0.935. The Labute approximate surface area is 111 Å². The minimum absolute atomic E-state index is 0.0580. The Kier molecular flexibility index (Phi) is 5.28. The fourth-order valence-electron chi connectivity index (χ4n) is 1.41. The van der Waals surface area contributed by atoms with Gasteiger partial charge in [0.05, 0.1) is 14.2 Å². The van der Waals surface area contributed by atoms with Gasteiger partial charge in [0.15, 0.2) is 0 Å². The summed E-state index contributed by atoms with van der Waals surface area (Å²) in [5.41, 5.74) is 0. The second kappa shape index (κ2) is 6.72. The Balaban J connectivity index is 2.98. The molecule has 0 amide bonds. The lowest BCUT2D eigenvalue weighted by Gasteiger charge is -2.20. The van der Waals surface area contributed by atoms with Crippen LogP contribution >= 0.6 is 0 Å². The Morgan fingerprint density at radius 2 is 1.79 bits per heavy atom. The van der Waals surface area contributed by atoms with Gasteiger partial charge in [-0.15, -0.1) is 4.98 Å². The molecule has 0 saturated heterocycles. The van der Waals surface area contributed by atoms with Crippen LogP contribution in [0, 0.1) is 5.92 Å². The van der Waals surface area contributed by atoms with Crippen molar-refractivity contribution < 1.29 is 19.4 Å². The van der Waals surface area contributed by atoms with Crippen molar-refractivity contribution in [2.75, 3.05) is 19.5 Å². The number of hydrogen-bond acceptors (Lipinski definition) is 7. The zero-order valence-electron chi connectivity index (χ0n) is 11.4. The smallest absolute Gasteiger partial charge is 0.326 e. The average Bonchev–Trinajstić information content (AvgIpc) is 2.43. The molecule has 0 aliphatic carbocycles. The molecule has 8 nitrogen and oxygen atoms in total. The number of rotatable bonds is 7. The van der Waals surface area contributed by atoms with Crippen LogP contribution in [0.1, 0.15) is 20.3 Å². The van der Waals surface area contributed by atoms with Gasteiger partial charge in [0.25, 0.3) is 0 Å². The van der Waals surface area contributed by atoms with Crippen LogP contribution in [0.5, 0.6) is 12.0 Å². The monoisotopic (exact) mass is 270 g/mol. The van der Waals surface area contributed by atoms with E-state index in [-0.39, 0.29) is 23.9 Å². The number of hydrogen-bond donors (Lipinski definition) is 2. The van der Waals surface area contributed by atoms with Crippen LogP contribution in [0.15, 0.2) is 0 Å². The number of anilines is 1. The standard InChI is InChI=1S/C11H18N4O4/c1-5-6(2)7(8(16)17)12-9-13-10(18-3)15-11(14-9)19-4/h6-7H,5H2,1-4H3,(H,16,17)(H,12,13,14,15). The lowest BCUT2D eigenvalue weighted by atomic mass is 10.00. The predicted molar refractivity (Wildman–Crippen MR) is 67.4 cm³/mol. The summed E-state index contributed by atoms with van der Waals surface area (Å²) in [7, 11) is 2.81. The van der Waals surface area contributed by atoms with Crippen LogP contribution < -0.4 is 14.8 Å². The molecule has 1 aromatic heterocycles. The lowest BCUT2D eigenvalue weighted by molar-refractivity contribution is -0.139. The number of carbonyl (C=O) groups is 1. The van der Waals surface area contributed by atoms with Gasteiger partial charge in [0.1, 0.15) is 6.04 Å². The van der Waals surface area contributed by atoms with Crippen LogP contribution in [0.3, 0.4) is 0 Å². The fourth-order valence-corrected chi connectivity index (χ4v) is 1.41. The summed E-state index contributed by atoms with van der Waals surface area (Å²) in [5, 5.41) is 11.9. The third-order valence-electron chi connectivity index (χ3n) is 2.72. The molecule has 0 aliphatic heterocycles. The highest BCUT2D eigenvalue weighted by Crippen LogP contribution is 2.16. The van der Waals surface area contributed by atoms with Gasteiger partial charge in [-0.25, -0.2) is 4.79 Å². The van der Waals surface area contributed by atoms with Crippen LogP contribution in [0.25, 0.3) is 0 Å². The van der Waals surface area contributed by atoms with Gasteiger partial charge < -0.3 is 19.9 Å². The van der Waals surface area contributed by atoms with Gasteiger partial charge >= 0.3 is 18.0 Å². The number of carboxylic acids is 1. The average molecular weight is 270 g/mol. The molecular weight excluding hydrogens is 252 g/mol. The highest BCUT2D eigenvalue weighted by atomic mass is 16.5. The van der Waals surface area contributed by atoms with E-state index in [1.54, 1.807) is 0 Å². The van der Waals surface area contributed by atoms with Crippen LogP contribution in [0.4, 0.5) is 5.95 Å². The van der Waals surface area contributed by atoms with E-state index < -0.39 is 12.0 Å². The van der Waals surface area contributed by atoms with E-state index in [9.17, 15) is 9.90 Å². The highest BCUT2D eigenvalue weighted by molar-refractivity contribution is 5.76. The summed E-state index contributed by atoms with van der Waals surface area (Å²) in [4.78, 5) is 22.9. The van der Waals surface area contributed by atoms with Gasteiger partial charge in [-0.1, -0.05) is 20.3 Å². The van der Waals surface area contributed by atoms with Gasteiger partial charge in [-0.3, -0.25) is 0 Å². The maximum atomic E-state index is 11.2. The normalized spacial score (nSPS) is 13.5. The van der Waals surface area contributed by atoms with Gasteiger partial charge in [-0.05, 0) is 5.92 Å². The molecule has 1 aromatic rings. The lowest BCUT2D eigenvalue weighted by Crippen LogP contribution is -2.36. The predicted octanol–water partition coefficient (Wildman–Crippen LogP) is 0.800. The van der Waals surface area contributed by atoms with E-state index in [0.29, 0.717) is 6.42 Å². The van der Waals surface area contributed by atoms with Crippen molar-refractivity contribution in [2.24, 2.45) is 5.92 Å². The van der Waals surface area contributed by atoms with Crippen molar-refractivity contribution in [1.29, 1.82) is 0 Å². The number of nitrogens with zero attached hydrogens (tertiary/aromatic N) is 3. The van der Waals surface area contributed by atoms with E-state index >= 15 is 0 Å². The van der Waals surface area contributed by atoms with Gasteiger partial charge in [0, 0.05) is 0 Å². The minimum atomic E-state index is -0.965. The first-order valence-corrected chi connectivity index (χ1v) is 5.85.